The topological polar surface area (TPSA) is 42.7 Å². The SMILES string of the molecule is Cc1cc(C)cc(Nc2ncnc3c2c(-c2ccccc2)cn3-c2ccc(Cl)cc2)c1. The second-order valence-electron chi connectivity index (χ2n) is 7.68. The molecule has 5 aromatic rings. The number of nitrogens with zero attached hydrogens (tertiary/aromatic N) is 3. The highest BCUT2D eigenvalue weighted by Crippen LogP contribution is 2.36. The average Bonchev–Trinajstić information content (AvgIpc) is 3.15. The molecule has 152 valence electrons. The molecule has 0 amide bonds. The Balaban J connectivity index is 1.74. The predicted molar refractivity (Wildman–Crippen MR) is 129 cm³/mol. The number of halogens is 1. The van der Waals surface area contributed by atoms with Crippen molar-refractivity contribution in [3.05, 3.63) is 101 Å². The van der Waals surface area contributed by atoms with E-state index in [1.54, 1.807) is 6.33 Å². The summed E-state index contributed by atoms with van der Waals surface area (Å²) in [5.41, 5.74) is 7.42. The van der Waals surface area contributed by atoms with E-state index in [1.807, 2.05) is 42.5 Å². The fourth-order valence-electron chi connectivity index (χ4n) is 3.98. The number of aromatic nitrogens is 3. The van der Waals surface area contributed by atoms with Crippen LogP contribution in [0.1, 0.15) is 11.1 Å². The molecule has 2 heterocycles. The second-order valence-corrected chi connectivity index (χ2v) is 8.11. The number of aryl methyl sites for hydroxylation is 2. The molecule has 31 heavy (non-hydrogen) atoms. The van der Waals surface area contributed by atoms with Crippen LogP contribution >= 0.6 is 11.6 Å². The fraction of sp³-hybridized carbons (Fsp3) is 0.0769. The van der Waals surface area contributed by atoms with Crippen LogP contribution < -0.4 is 5.32 Å². The van der Waals surface area contributed by atoms with Crippen molar-refractivity contribution >= 4 is 34.1 Å². The molecule has 2 aromatic heterocycles. The summed E-state index contributed by atoms with van der Waals surface area (Å²) >= 11 is 6.11. The zero-order chi connectivity index (χ0) is 21.4. The Bertz CT molecular complexity index is 1350. The van der Waals surface area contributed by atoms with Crippen LogP contribution in [0, 0.1) is 13.8 Å². The molecular formula is C26H21ClN4. The monoisotopic (exact) mass is 424 g/mol. The summed E-state index contributed by atoms with van der Waals surface area (Å²) in [6.07, 6.45) is 3.72. The van der Waals surface area contributed by atoms with E-state index in [2.05, 4.69) is 70.2 Å². The van der Waals surface area contributed by atoms with Gasteiger partial charge in [-0.1, -0.05) is 48.0 Å². The van der Waals surface area contributed by atoms with E-state index in [1.165, 1.54) is 11.1 Å². The molecular weight excluding hydrogens is 404 g/mol. The van der Waals surface area contributed by atoms with Crippen molar-refractivity contribution in [1.82, 2.24) is 14.5 Å². The van der Waals surface area contributed by atoms with Gasteiger partial charge in [0, 0.05) is 28.2 Å². The van der Waals surface area contributed by atoms with Crippen LogP contribution in [0.3, 0.4) is 0 Å². The Morgan fingerprint density at radius 3 is 2.26 bits per heavy atom. The lowest BCUT2D eigenvalue weighted by Gasteiger charge is -2.10. The lowest BCUT2D eigenvalue weighted by Crippen LogP contribution is -1.98. The first-order valence-electron chi connectivity index (χ1n) is 10.1. The molecule has 0 aliphatic carbocycles. The number of fused-ring (bicyclic) bond motifs is 1. The molecule has 4 nitrogen and oxygen atoms in total. The Labute approximate surface area is 186 Å². The van der Waals surface area contributed by atoms with Gasteiger partial charge in [0.25, 0.3) is 0 Å². The third kappa shape index (κ3) is 3.78. The molecule has 0 atom stereocenters. The molecule has 1 N–H and O–H groups in total. The first kappa shape index (κ1) is 19.3. The molecule has 0 fully saturated rings. The molecule has 0 unspecified atom stereocenters. The van der Waals surface area contributed by atoms with Crippen LogP contribution in [0.5, 0.6) is 0 Å². The van der Waals surface area contributed by atoms with Gasteiger partial charge in [0.1, 0.15) is 12.1 Å². The fourth-order valence-corrected chi connectivity index (χ4v) is 4.10. The Morgan fingerprint density at radius 2 is 1.55 bits per heavy atom. The van der Waals surface area contributed by atoms with Crippen molar-refractivity contribution in [3.8, 4) is 16.8 Å². The molecule has 0 spiro atoms. The second kappa shape index (κ2) is 7.89. The molecule has 0 bridgehead atoms. The van der Waals surface area contributed by atoms with Crippen molar-refractivity contribution in [1.29, 1.82) is 0 Å². The maximum absolute atomic E-state index is 6.11. The zero-order valence-electron chi connectivity index (χ0n) is 17.3. The summed E-state index contributed by atoms with van der Waals surface area (Å²) in [4.78, 5) is 9.25. The summed E-state index contributed by atoms with van der Waals surface area (Å²) < 4.78 is 2.09. The smallest absolute Gasteiger partial charge is 0.150 e. The van der Waals surface area contributed by atoms with Crippen molar-refractivity contribution in [3.63, 3.8) is 0 Å². The molecule has 0 saturated heterocycles. The Morgan fingerprint density at radius 1 is 0.839 bits per heavy atom. The lowest BCUT2D eigenvalue weighted by molar-refractivity contribution is 1.08. The largest absolute Gasteiger partial charge is 0.340 e. The first-order chi connectivity index (χ1) is 15.1. The summed E-state index contributed by atoms with van der Waals surface area (Å²) in [6, 6.07) is 24.5. The van der Waals surface area contributed by atoms with Gasteiger partial charge < -0.3 is 9.88 Å². The van der Waals surface area contributed by atoms with Gasteiger partial charge in [-0.15, -0.1) is 0 Å². The molecule has 0 aliphatic heterocycles. The van der Waals surface area contributed by atoms with Crippen LogP contribution in [0.25, 0.3) is 27.8 Å². The molecule has 3 aromatic carbocycles. The van der Waals surface area contributed by atoms with Gasteiger partial charge in [0.2, 0.25) is 0 Å². The molecule has 5 rings (SSSR count). The van der Waals surface area contributed by atoms with Crippen molar-refractivity contribution in [2.45, 2.75) is 13.8 Å². The van der Waals surface area contributed by atoms with Crippen LogP contribution in [0.4, 0.5) is 11.5 Å². The van der Waals surface area contributed by atoms with E-state index >= 15 is 0 Å². The van der Waals surface area contributed by atoms with E-state index in [0.717, 1.165) is 39.4 Å². The van der Waals surface area contributed by atoms with Crippen LogP contribution in [0.15, 0.2) is 85.3 Å². The Kier molecular flexibility index (Phi) is 4.92. The number of anilines is 2. The van der Waals surface area contributed by atoms with E-state index in [4.69, 9.17) is 11.6 Å². The van der Waals surface area contributed by atoms with Crippen LogP contribution in [-0.2, 0) is 0 Å². The lowest BCUT2D eigenvalue weighted by atomic mass is 10.1. The molecule has 0 aliphatic rings. The number of hydrogen-bond acceptors (Lipinski definition) is 3. The highest BCUT2D eigenvalue weighted by atomic mass is 35.5. The van der Waals surface area contributed by atoms with E-state index in [9.17, 15) is 0 Å². The standard InChI is InChI=1S/C26H21ClN4/c1-17-12-18(2)14-21(13-17)30-25-24-23(19-6-4-3-5-7-19)15-31(26(24)29-16-28-25)22-10-8-20(27)9-11-22/h3-16H,1-2H3,(H,28,29,30). The van der Waals surface area contributed by atoms with E-state index < -0.39 is 0 Å². The minimum absolute atomic E-state index is 0.704. The summed E-state index contributed by atoms with van der Waals surface area (Å²) in [7, 11) is 0. The van der Waals surface area contributed by atoms with Gasteiger partial charge in [-0.25, -0.2) is 9.97 Å². The van der Waals surface area contributed by atoms with Crippen molar-refractivity contribution in [2.24, 2.45) is 0 Å². The normalized spacial score (nSPS) is 11.1. The van der Waals surface area contributed by atoms with Gasteiger partial charge in [0.05, 0.1) is 5.39 Å². The van der Waals surface area contributed by atoms with Crippen LogP contribution in [0.2, 0.25) is 5.02 Å². The number of benzene rings is 3. The number of hydrogen-bond donors (Lipinski definition) is 1. The van der Waals surface area contributed by atoms with E-state index in [-0.39, 0.29) is 0 Å². The molecule has 0 saturated carbocycles. The third-order valence-electron chi connectivity index (χ3n) is 5.26. The van der Waals surface area contributed by atoms with Gasteiger partial charge in [-0.05, 0) is 66.9 Å². The third-order valence-corrected chi connectivity index (χ3v) is 5.51. The minimum atomic E-state index is 0.704. The Hall–Kier alpha value is -3.63. The van der Waals surface area contributed by atoms with Gasteiger partial charge >= 0.3 is 0 Å². The predicted octanol–water partition coefficient (Wildman–Crippen LogP) is 7.10. The minimum Gasteiger partial charge on any atom is -0.340 e. The maximum atomic E-state index is 6.11. The van der Waals surface area contributed by atoms with Gasteiger partial charge in [0.15, 0.2) is 5.65 Å². The van der Waals surface area contributed by atoms with Crippen LogP contribution in [-0.4, -0.2) is 14.5 Å². The van der Waals surface area contributed by atoms with Gasteiger partial charge in [-0.2, -0.15) is 0 Å². The molecule has 0 radical (unpaired) electrons. The highest BCUT2D eigenvalue weighted by Gasteiger charge is 2.17. The average molecular weight is 425 g/mol. The summed E-state index contributed by atoms with van der Waals surface area (Å²) in [5.74, 6) is 0.779. The van der Waals surface area contributed by atoms with Gasteiger partial charge in [-0.3, -0.25) is 0 Å². The maximum Gasteiger partial charge on any atom is 0.150 e. The highest BCUT2D eigenvalue weighted by molar-refractivity contribution is 6.30. The molecule has 5 heteroatoms. The zero-order valence-corrected chi connectivity index (χ0v) is 18.1. The number of nitrogens with one attached hydrogen (secondary N) is 1. The van der Waals surface area contributed by atoms with Crippen molar-refractivity contribution in [2.75, 3.05) is 5.32 Å². The summed E-state index contributed by atoms with van der Waals surface area (Å²) in [6.45, 7) is 4.19. The quantitative estimate of drug-likeness (QED) is 0.334. The first-order valence-corrected chi connectivity index (χ1v) is 10.5. The van der Waals surface area contributed by atoms with Crippen molar-refractivity contribution < 1.29 is 0 Å². The summed E-state index contributed by atoms with van der Waals surface area (Å²) in [5, 5.41) is 5.21. The van der Waals surface area contributed by atoms with E-state index in [0.29, 0.717) is 5.02 Å². The number of rotatable bonds is 4.